The molecular weight excluding hydrogens is 302 g/mol. The molecule has 7 nitrogen and oxygen atoms in total. The number of aromatic carboxylic acids is 1. The van der Waals surface area contributed by atoms with Gasteiger partial charge in [0.2, 0.25) is 0 Å². The second kappa shape index (κ2) is 6.69. The van der Waals surface area contributed by atoms with E-state index in [1.165, 1.54) is 19.2 Å². The minimum absolute atomic E-state index is 0.144. The average molecular weight is 315 g/mol. The fraction of sp³-hybridized carbons (Fsp3) is 0.125. The zero-order valence-electron chi connectivity index (χ0n) is 12.2. The Morgan fingerprint density at radius 3 is 2.39 bits per heavy atom. The summed E-state index contributed by atoms with van der Waals surface area (Å²) in [5.41, 5.74) is 0.811. The van der Waals surface area contributed by atoms with Crippen LogP contribution in [0.25, 0.3) is 0 Å². The Balaban J connectivity index is 2.47. The molecule has 0 amide bonds. The van der Waals surface area contributed by atoms with E-state index in [9.17, 15) is 24.8 Å². The molecule has 0 saturated carbocycles. The summed E-state index contributed by atoms with van der Waals surface area (Å²) in [5.74, 6) is -1.79. The van der Waals surface area contributed by atoms with Crippen molar-refractivity contribution in [1.82, 2.24) is 0 Å². The van der Waals surface area contributed by atoms with E-state index in [0.717, 1.165) is 6.07 Å². The van der Waals surface area contributed by atoms with Crippen molar-refractivity contribution in [3.05, 3.63) is 74.8 Å². The number of nitrogens with zero attached hydrogens (tertiary/aromatic N) is 1. The topological polar surface area (TPSA) is 107 Å². The van der Waals surface area contributed by atoms with E-state index in [2.05, 4.69) is 0 Å². The number of benzene rings is 2. The number of rotatable bonds is 5. The quantitative estimate of drug-likeness (QED) is 0.516. The number of esters is 1. The molecule has 23 heavy (non-hydrogen) atoms. The Kier molecular flexibility index (Phi) is 4.70. The van der Waals surface area contributed by atoms with Gasteiger partial charge in [-0.2, -0.15) is 0 Å². The molecule has 2 aromatic carbocycles. The second-order valence-corrected chi connectivity index (χ2v) is 4.73. The number of nitro groups is 1. The summed E-state index contributed by atoms with van der Waals surface area (Å²) < 4.78 is 4.70. The zero-order valence-corrected chi connectivity index (χ0v) is 12.2. The van der Waals surface area contributed by atoms with Crippen molar-refractivity contribution in [3.8, 4) is 0 Å². The fourth-order valence-corrected chi connectivity index (χ4v) is 2.22. The van der Waals surface area contributed by atoms with Gasteiger partial charge in [-0.15, -0.1) is 0 Å². The molecule has 0 heterocycles. The van der Waals surface area contributed by atoms with E-state index >= 15 is 0 Å². The van der Waals surface area contributed by atoms with E-state index in [1.807, 2.05) is 0 Å². The monoisotopic (exact) mass is 315 g/mol. The lowest BCUT2D eigenvalue weighted by Gasteiger charge is -2.10. The van der Waals surface area contributed by atoms with Gasteiger partial charge < -0.3 is 9.84 Å². The third kappa shape index (κ3) is 3.52. The normalized spacial score (nSPS) is 10.1. The molecular formula is C16H13NO6. The molecule has 0 unspecified atom stereocenters. The molecule has 0 aliphatic carbocycles. The maximum Gasteiger partial charge on any atom is 0.338 e. The highest BCUT2D eigenvalue weighted by atomic mass is 16.6. The minimum Gasteiger partial charge on any atom is -0.478 e. The standard InChI is InChI=1S/C16H13NO6/c1-23-16(20)13-5-3-2-4-10(13)8-11-6-7-12(17(21)22)9-14(11)15(18)19/h2-7,9H,8H2,1H3,(H,18,19). The summed E-state index contributed by atoms with van der Waals surface area (Å²) in [5, 5.41) is 20.0. The van der Waals surface area contributed by atoms with Crippen molar-refractivity contribution in [1.29, 1.82) is 0 Å². The number of methoxy groups -OCH3 is 1. The lowest BCUT2D eigenvalue weighted by atomic mass is 9.96. The summed E-state index contributed by atoms with van der Waals surface area (Å²) in [7, 11) is 1.26. The summed E-state index contributed by atoms with van der Waals surface area (Å²) in [6, 6.07) is 10.3. The van der Waals surface area contributed by atoms with Crippen LogP contribution in [0.5, 0.6) is 0 Å². The number of ether oxygens (including phenoxy) is 1. The fourth-order valence-electron chi connectivity index (χ4n) is 2.22. The van der Waals surface area contributed by atoms with Crippen molar-refractivity contribution >= 4 is 17.6 Å². The van der Waals surface area contributed by atoms with Crippen LogP contribution in [0.1, 0.15) is 31.8 Å². The highest BCUT2D eigenvalue weighted by Crippen LogP contribution is 2.22. The van der Waals surface area contributed by atoms with Gasteiger partial charge in [-0.3, -0.25) is 10.1 Å². The maximum absolute atomic E-state index is 11.8. The first-order valence-electron chi connectivity index (χ1n) is 6.61. The van der Waals surface area contributed by atoms with Crippen LogP contribution < -0.4 is 0 Å². The molecule has 0 aromatic heterocycles. The smallest absolute Gasteiger partial charge is 0.338 e. The predicted molar refractivity (Wildman–Crippen MR) is 80.6 cm³/mol. The van der Waals surface area contributed by atoms with Gasteiger partial charge in [0.25, 0.3) is 5.69 Å². The first kappa shape index (κ1) is 16.2. The summed E-state index contributed by atoms with van der Waals surface area (Å²) >= 11 is 0. The number of carboxylic acids is 1. The Labute approximate surface area is 131 Å². The van der Waals surface area contributed by atoms with Gasteiger partial charge in [-0.05, 0) is 23.6 Å². The van der Waals surface area contributed by atoms with Crippen LogP contribution in [0.2, 0.25) is 0 Å². The van der Waals surface area contributed by atoms with Crippen LogP contribution >= 0.6 is 0 Å². The SMILES string of the molecule is COC(=O)c1ccccc1Cc1ccc([N+](=O)[O-])cc1C(=O)O. The molecule has 0 radical (unpaired) electrons. The lowest BCUT2D eigenvalue weighted by molar-refractivity contribution is -0.384. The van der Waals surface area contributed by atoms with Gasteiger partial charge in [-0.25, -0.2) is 9.59 Å². The molecule has 2 rings (SSSR count). The first-order valence-corrected chi connectivity index (χ1v) is 6.61. The number of carboxylic acid groups (broad SMARTS) is 1. The van der Waals surface area contributed by atoms with Crippen molar-refractivity contribution in [3.63, 3.8) is 0 Å². The number of carbonyl (C=O) groups excluding carboxylic acids is 1. The van der Waals surface area contributed by atoms with Gasteiger partial charge in [0.05, 0.1) is 23.2 Å². The summed E-state index contributed by atoms with van der Waals surface area (Å²) in [6.07, 6.45) is 0.144. The van der Waals surface area contributed by atoms with Crippen LogP contribution in [0.4, 0.5) is 5.69 Å². The van der Waals surface area contributed by atoms with Gasteiger partial charge in [0.15, 0.2) is 0 Å². The van der Waals surface area contributed by atoms with Crippen LogP contribution in [-0.4, -0.2) is 29.1 Å². The number of hydrogen-bond acceptors (Lipinski definition) is 5. The van der Waals surface area contributed by atoms with Crippen LogP contribution in [0.3, 0.4) is 0 Å². The molecule has 118 valence electrons. The van der Waals surface area contributed by atoms with E-state index in [-0.39, 0.29) is 17.7 Å². The van der Waals surface area contributed by atoms with Crippen molar-refractivity contribution in [2.45, 2.75) is 6.42 Å². The van der Waals surface area contributed by atoms with E-state index in [1.54, 1.807) is 24.3 Å². The maximum atomic E-state index is 11.8. The Bertz CT molecular complexity index is 784. The minimum atomic E-state index is -1.26. The predicted octanol–water partition coefficient (Wildman–Crippen LogP) is 2.67. The Morgan fingerprint density at radius 1 is 1.13 bits per heavy atom. The highest BCUT2D eigenvalue weighted by Gasteiger charge is 2.18. The first-order chi connectivity index (χ1) is 10.9. The zero-order chi connectivity index (χ0) is 17.0. The highest BCUT2D eigenvalue weighted by molar-refractivity contribution is 5.92. The van der Waals surface area contributed by atoms with Crippen molar-refractivity contribution < 1.29 is 24.4 Å². The lowest BCUT2D eigenvalue weighted by Crippen LogP contribution is -2.09. The molecule has 0 bridgehead atoms. The molecule has 1 N–H and O–H groups in total. The van der Waals surface area contributed by atoms with Crippen LogP contribution in [-0.2, 0) is 11.2 Å². The molecule has 0 atom stereocenters. The average Bonchev–Trinajstić information content (AvgIpc) is 2.54. The number of nitro benzene ring substituents is 1. The van der Waals surface area contributed by atoms with Gasteiger partial charge in [0.1, 0.15) is 0 Å². The molecule has 0 spiro atoms. The molecule has 0 fully saturated rings. The third-order valence-electron chi connectivity index (χ3n) is 3.34. The summed E-state index contributed by atoms with van der Waals surface area (Å²) in [6.45, 7) is 0. The van der Waals surface area contributed by atoms with E-state index in [4.69, 9.17) is 4.74 Å². The molecule has 0 aliphatic rings. The summed E-state index contributed by atoms with van der Waals surface area (Å²) in [4.78, 5) is 33.2. The van der Waals surface area contributed by atoms with Gasteiger partial charge >= 0.3 is 11.9 Å². The van der Waals surface area contributed by atoms with Gasteiger partial charge in [-0.1, -0.05) is 24.3 Å². The number of non-ortho nitro benzene ring substituents is 1. The molecule has 0 aliphatic heterocycles. The Hall–Kier alpha value is -3.22. The van der Waals surface area contributed by atoms with Crippen LogP contribution in [0.15, 0.2) is 42.5 Å². The third-order valence-corrected chi connectivity index (χ3v) is 3.34. The largest absolute Gasteiger partial charge is 0.478 e. The second-order valence-electron chi connectivity index (χ2n) is 4.73. The van der Waals surface area contributed by atoms with Crippen LogP contribution in [0, 0.1) is 10.1 Å². The van der Waals surface area contributed by atoms with E-state index in [0.29, 0.717) is 16.7 Å². The number of carbonyl (C=O) groups is 2. The molecule has 0 saturated heterocycles. The van der Waals surface area contributed by atoms with Crippen molar-refractivity contribution in [2.24, 2.45) is 0 Å². The molecule has 7 heteroatoms. The van der Waals surface area contributed by atoms with E-state index < -0.39 is 16.9 Å². The van der Waals surface area contributed by atoms with Crippen molar-refractivity contribution in [2.75, 3.05) is 7.11 Å². The van der Waals surface area contributed by atoms with Gasteiger partial charge in [0, 0.05) is 12.1 Å². The molecule has 2 aromatic rings. The number of hydrogen-bond donors (Lipinski definition) is 1. The Morgan fingerprint density at radius 2 is 1.78 bits per heavy atom.